The van der Waals surface area contributed by atoms with E-state index in [0.717, 1.165) is 12.8 Å². The van der Waals surface area contributed by atoms with Crippen molar-refractivity contribution in [3.05, 3.63) is 29.3 Å². The number of hydrogen-bond acceptors (Lipinski definition) is 2. The molecule has 1 heterocycles. The Kier molecular flexibility index (Phi) is 1.76. The highest BCUT2D eigenvalue weighted by Crippen LogP contribution is 2.42. The molecule has 0 radical (unpaired) electrons. The molecule has 0 spiro atoms. The second-order valence-corrected chi connectivity index (χ2v) is 3.20. The van der Waals surface area contributed by atoms with Crippen LogP contribution in [0.3, 0.4) is 0 Å². The predicted molar refractivity (Wildman–Crippen MR) is 44.7 cm³/mol. The van der Waals surface area contributed by atoms with Gasteiger partial charge in [0.25, 0.3) is 0 Å². The van der Waals surface area contributed by atoms with Crippen LogP contribution < -0.4 is 5.73 Å². The van der Waals surface area contributed by atoms with Crippen LogP contribution in [0.2, 0.25) is 0 Å². The lowest BCUT2D eigenvalue weighted by atomic mass is 10.1. The maximum Gasteiger partial charge on any atom is 0.249 e. The number of aromatic nitrogens is 1. The van der Waals surface area contributed by atoms with Gasteiger partial charge in [-0.1, -0.05) is 0 Å². The number of halogens is 1. The fourth-order valence-electron chi connectivity index (χ4n) is 1.42. The van der Waals surface area contributed by atoms with E-state index >= 15 is 0 Å². The molecule has 13 heavy (non-hydrogen) atoms. The summed E-state index contributed by atoms with van der Waals surface area (Å²) in [5.74, 6) is -0.988. The maximum atomic E-state index is 13.2. The SMILES string of the molecule is NC(=O)c1ccnc(F)c1C1CC1. The Morgan fingerprint density at radius 3 is 2.85 bits per heavy atom. The first-order valence-electron chi connectivity index (χ1n) is 4.14. The molecule has 0 aromatic carbocycles. The molecular formula is C9H9FN2O. The fraction of sp³-hybridized carbons (Fsp3) is 0.333. The van der Waals surface area contributed by atoms with E-state index in [2.05, 4.69) is 4.98 Å². The summed E-state index contributed by atoms with van der Waals surface area (Å²) in [6.07, 6.45) is 3.10. The van der Waals surface area contributed by atoms with E-state index in [1.54, 1.807) is 0 Å². The zero-order chi connectivity index (χ0) is 9.42. The Morgan fingerprint density at radius 1 is 1.62 bits per heavy atom. The lowest BCUT2D eigenvalue weighted by Crippen LogP contribution is -2.15. The summed E-state index contributed by atoms with van der Waals surface area (Å²) >= 11 is 0. The van der Waals surface area contributed by atoms with Crippen molar-refractivity contribution in [2.75, 3.05) is 0 Å². The number of amides is 1. The van der Waals surface area contributed by atoms with E-state index in [-0.39, 0.29) is 11.5 Å². The van der Waals surface area contributed by atoms with Crippen molar-refractivity contribution in [3.63, 3.8) is 0 Å². The highest BCUT2D eigenvalue weighted by Gasteiger charge is 2.30. The van der Waals surface area contributed by atoms with Crippen LogP contribution in [0.1, 0.15) is 34.7 Å². The van der Waals surface area contributed by atoms with Gasteiger partial charge in [0, 0.05) is 17.3 Å². The largest absolute Gasteiger partial charge is 0.366 e. The van der Waals surface area contributed by atoms with Gasteiger partial charge in [-0.3, -0.25) is 4.79 Å². The van der Waals surface area contributed by atoms with E-state index < -0.39 is 11.9 Å². The molecule has 1 aromatic heterocycles. The molecule has 1 aliphatic carbocycles. The van der Waals surface area contributed by atoms with Crippen molar-refractivity contribution in [2.45, 2.75) is 18.8 Å². The summed E-state index contributed by atoms with van der Waals surface area (Å²) in [4.78, 5) is 14.4. The first-order valence-corrected chi connectivity index (χ1v) is 4.14. The molecule has 4 heteroatoms. The number of rotatable bonds is 2. The van der Waals surface area contributed by atoms with Gasteiger partial charge >= 0.3 is 0 Å². The summed E-state index contributed by atoms with van der Waals surface area (Å²) in [6, 6.07) is 1.47. The van der Waals surface area contributed by atoms with Crippen molar-refractivity contribution in [3.8, 4) is 0 Å². The lowest BCUT2D eigenvalue weighted by Gasteiger charge is -2.04. The third-order valence-corrected chi connectivity index (χ3v) is 2.19. The van der Waals surface area contributed by atoms with E-state index in [1.807, 2.05) is 0 Å². The average Bonchev–Trinajstić information content (AvgIpc) is 2.86. The lowest BCUT2D eigenvalue weighted by molar-refractivity contribution is 0.0998. The molecule has 1 amide bonds. The van der Waals surface area contributed by atoms with Gasteiger partial charge in [-0.15, -0.1) is 0 Å². The molecule has 1 aromatic rings. The fourth-order valence-corrected chi connectivity index (χ4v) is 1.42. The predicted octanol–water partition coefficient (Wildman–Crippen LogP) is 1.20. The van der Waals surface area contributed by atoms with Gasteiger partial charge in [0.05, 0.1) is 0 Å². The number of pyridine rings is 1. The van der Waals surface area contributed by atoms with Crippen molar-refractivity contribution in [1.82, 2.24) is 4.98 Å². The van der Waals surface area contributed by atoms with Gasteiger partial charge in [0.15, 0.2) is 0 Å². The van der Waals surface area contributed by atoms with Crippen LogP contribution in [0.5, 0.6) is 0 Å². The minimum Gasteiger partial charge on any atom is -0.366 e. The van der Waals surface area contributed by atoms with Crippen LogP contribution in [-0.2, 0) is 0 Å². The highest BCUT2D eigenvalue weighted by atomic mass is 19.1. The molecule has 1 aliphatic rings. The van der Waals surface area contributed by atoms with Crippen molar-refractivity contribution >= 4 is 5.91 Å². The molecule has 1 fully saturated rings. The van der Waals surface area contributed by atoms with E-state index in [0.29, 0.717) is 5.56 Å². The van der Waals surface area contributed by atoms with Gasteiger partial charge in [-0.05, 0) is 24.8 Å². The van der Waals surface area contributed by atoms with Gasteiger partial charge < -0.3 is 5.73 Å². The third-order valence-electron chi connectivity index (χ3n) is 2.19. The van der Waals surface area contributed by atoms with Crippen molar-refractivity contribution < 1.29 is 9.18 Å². The number of primary amides is 1. The van der Waals surface area contributed by atoms with Gasteiger partial charge in [-0.2, -0.15) is 4.39 Å². The Balaban J connectivity index is 2.53. The molecule has 0 aliphatic heterocycles. The normalized spacial score (nSPS) is 15.8. The van der Waals surface area contributed by atoms with E-state index in [4.69, 9.17) is 5.73 Å². The van der Waals surface area contributed by atoms with E-state index in [9.17, 15) is 9.18 Å². The van der Waals surface area contributed by atoms with Crippen molar-refractivity contribution in [1.29, 1.82) is 0 Å². The van der Waals surface area contributed by atoms with Crippen LogP contribution >= 0.6 is 0 Å². The molecule has 2 rings (SSSR count). The minimum absolute atomic E-state index is 0.149. The summed E-state index contributed by atoms with van der Waals surface area (Å²) in [7, 11) is 0. The van der Waals surface area contributed by atoms with Crippen molar-refractivity contribution in [2.24, 2.45) is 5.73 Å². The second-order valence-electron chi connectivity index (χ2n) is 3.20. The van der Waals surface area contributed by atoms with Gasteiger partial charge in [0.1, 0.15) is 0 Å². The molecule has 1 saturated carbocycles. The smallest absolute Gasteiger partial charge is 0.249 e. The second kappa shape index (κ2) is 2.80. The molecule has 0 bridgehead atoms. The number of hydrogen-bond donors (Lipinski definition) is 1. The number of nitrogens with zero attached hydrogens (tertiary/aromatic N) is 1. The summed E-state index contributed by atoms with van der Waals surface area (Å²) in [6.45, 7) is 0. The molecule has 0 atom stereocenters. The van der Waals surface area contributed by atoms with Crippen LogP contribution in [0, 0.1) is 5.95 Å². The van der Waals surface area contributed by atoms with Gasteiger partial charge in [0.2, 0.25) is 11.9 Å². The third kappa shape index (κ3) is 1.39. The summed E-state index contributed by atoms with van der Waals surface area (Å²) in [5.41, 5.74) is 5.79. The minimum atomic E-state index is -0.580. The molecule has 2 N–H and O–H groups in total. The Labute approximate surface area is 74.8 Å². The standard InChI is InChI=1S/C9H9FN2O/c10-8-7(5-1-2-5)6(9(11)13)3-4-12-8/h3-5H,1-2H2,(H2,11,13). The summed E-state index contributed by atoms with van der Waals surface area (Å²) < 4.78 is 13.2. The molecule has 3 nitrogen and oxygen atoms in total. The average molecular weight is 180 g/mol. The number of carbonyl (C=O) groups is 1. The maximum absolute atomic E-state index is 13.2. The quantitative estimate of drug-likeness (QED) is 0.695. The first kappa shape index (κ1) is 8.16. The zero-order valence-electron chi connectivity index (χ0n) is 6.96. The topological polar surface area (TPSA) is 56.0 Å². The van der Waals surface area contributed by atoms with Crippen LogP contribution in [0.25, 0.3) is 0 Å². The Bertz CT molecular complexity index is 361. The molecule has 68 valence electrons. The Hall–Kier alpha value is -1.45. The van der Waals surface area contributed by atoms with Crippen LogP contribution in [0.4, 0.5) is 4.39 Å². The molecular weight excluding hydrogens is 171 g/mol. The summed E-state index contributed by atoms with van der Waals surface area (Å²) in [5, 5.41) is 0. The Morgan fingerprint density at radius 2 is 2.31 bits per heavy atom. The van der Waals surface area contributed by atoms with Crippen LogP contribution in [0.15, 0.2) is 12.3 Å². The molecule has 0 saturated heterocycles. The zero-order valence-corrected chi connectivity index (χ0v) is 6.96. The number of nitrogens with two attached hydrogens (primary N) is 1. The molecule has 0 unspecified atom stereocenters. The van der Waals surface area contributed by atoms with Crippen LogP contribution in [-0.4, -0.2) is 10.9 Å². The first-order chi connectivity index (χ1) is 6.20. The van der Waals surface area contributed by atoms with Gasteiger partial charge in [-0.25, -0.2) is 4.98 Å². The van der Waals surface area contributed by atoms with E-state index in [1.165, 1.54) is 12.3 Å². The highest BCUT2D eigenvalue weighted by molar-refractivity contribution is 5.94. The number of carbonyl (C=O) groups excluding carboxylic acids is 1. The monoisotopic (exact) mass is 180 g/mol.